The van der Waals surface area contributed by atoms with Crippen LogP contribution in [0, 0.1) is 18.3 Å². The Morgan fingerprint density at radius 1 is 0.554 bits per heavy atom. The Kier molecular flexibility index (Phi) is 25.9. The highest BCUT2D eigenvalue weighted by Crippen LogP contribution is 2.48. The molecule has 5 heterocycles. The fraction of sp³-hybridized carbons (Fsp3) is 0.375. The molecule has 0 N–H and O–H groups in total. The lowest BCUT2D eigenvalue weighted by molar-refractivity contribution is 0.257. The Bertz CT molecular complexity index is 4840. The first-order valence-electron chi connectivity index (χ1n) is 34.7. The van der Waals surface area contributed by atoms with Crippen molar-refractivity contribution in [2.75, 3.05) is 70.9 Å². The second kappa shape index (κ2) is 34.1. The van der Waals surface area contributed by atoms with Crippen LogP contribution in [0.1, 0.15) is 134 Å². The lowest BCUT2D eigenvalue weighted by Crippen LogP contribution is -2.39. The van der Waals surface area contributed by atoms with Crippen LogP contribution >= 0.6 is 24.0 Å². The third-order valence-electron chi connectivity index (χ3n) is 20.4. The van der Waals surface area contributed by atoms with Gasteiger partial charge in [-0.05, 0) is 140 Å². The summed E-state index contributed by atoms with van der Waals surface area (Å²) >= 11 is 0. The number of imidazole rings is 2. The van der Waals surface area contributed by atoms with E-state index >= 15 is 0 Å². The second-order valence-corrected chi connectivity index (χ2v) is 34.7. The molecule has 101 heavy (non-hydrogen) atoms. The number of halogens is 1. The lowest BCUT2D eigenvalue weighted by atomic mass is 9.74. The molecule has 14 rings (SSSR count). The monoisotopic (exact) mass is 1550 g/mol. The maximum atomic E-state index is 12.1. The fourth-order valence-corrected chi connectivity index (χ4v) is 18.7. The first-order chi connectivity index (χ1) is 47.6. The topological polar surface area (TPSA) is 191 Å². The zero-order valence-corrected chi connectivity index (χ0v) is 63.2. The van der Waals surface area contributed by atoms with Crippen LogP contribution in [-0.4, -0.2) is 137 Å². The molecule has 3 saturated heterocycles. The molecule has 8 aromatic rings. The molecule has 0 spiro atoms. The van der Waals surface area contributed by atoms with Crippen molar-refractivity contribution in [3.63, 3.8) is 0 Å². The summed E-state index contributed by atoms with van der Waals surface area (Å²) in [7, 11) is -12.9. The van der Waals surface area contributed by atoms with Gasteiger partial charge >= 0.3 is 0 Å². The third-order valence-corrected chi connectivity index (χ3v) is 24.9. The number of sulfonamides is 3. The van der Waals surface area contributed by atoms with Crippen molar-refractivity contribution in [3.8, 4) is 0 Å². The van der Waals surface area contributed by atoms with Gasteiger partial charge in [0, 0.05) is 142 Å². The molecule has 0 saturated carbocycles. The van der Waals surface area contributed by atoms with Gasteiger partial charge in [-0.15, -0.1) is 65.3 Å². The number of aromatic nitrogens is 4. The van der Waals surface area contributed by atoms with Crippen molar-refractivity contribution in [1.29, 1.82) is 0 Å². The summed E-state index contributed by atoms with van der Waals surface area (Å²) < 4.78 is 109. The number of fused-ring (bicyclic) bond motifs is 6. The van der Waals surface area contributed by atoms with Gasteiger partial charge in [0.1, 0.15) is 0 Å². The van der Waals surface area contributed by atoms with E-state index in [1.54, 1.807) is 12.9 Å². The summed E-state index contributed by atoms with van der Waals surface area (Å²) in [5, 5.41) is 5.15. The minimum atomic E-state index is -3.45. The van der Waals surface area contributed by atoms with E-state index in [2.05, 4.69) is 171 Å². The van der Waals surface area contributed by atoms with E-state index in [9.17, 15) is 33.7 Å². The first kappa shape index (κ1) is 76.7. The predicted octanol–water partition coefficient (Wildman–Crippen LogP) is 15.5. The maximum absolute atomic E-state index is 12.1. The molecule has 21 heteroatoms. The van der Waals surface area contributed by atoms with Gasteiger partial charge in [-0.2, -0.15) is 8.42 Å². The molecule has 16 nitrogen and oxygen atoms in total. The molecular formula is C80H96IN7O9S4. The van der Waals surface area contributed by atoms with Crippen LogP contribution in [0.4, 0.5) is 0 Å². The zero-order chi connectivity index (χ0) is 69.3. The molecule has 0 bridgehead atoms. The van der Waals surface area contributed by atoms with Crippen LogP contribution in [0.3, 0.4) is 0 Å². The Labute approximate surface area is 617 Å². The SMILES string of the molecule is C.CS(=O)(=O)N1CCC(C2=C3[CH-]C=CC=C3C=C(CCCn3ccnc3)c3ccccc32)CC1.CS(=O)(=O)N1CCC(c2c3ccccc3c(CCCn3ccnc3)c[c+]3ccccc23)CC1.CS(=O)(=O)OCCCC1=Cc2ccccc2C(C2CCN(S(C)(=O)=O)CC2)c2ccccc21.I. The Morgan fingerprint density at radius 3 is 1.69 bits per heavy atom. The van der Waals surface area contributed by atoms with E-state index in [1.165, 1.54) is 113 Å². The van der Waals surface area contributed by atoms with Gasteiger partial charge in [-0.1, -0.05) is 110 Å². The van der Waals surface area contributed by atoms with E-state index in [0.717, 1.165) is 83.6 Å². The molecule has 3 aliphatic heterocycles. The van der Waals surface area contributed by atoms with Crippen molar-refractivity contribution in [3.05, 3.63) is 251 Å². The number of aryl methyl sites for hydroxylation is 3. The van der Waals surface area contributed by atoms with Gasteiger partial charge in [0.05, 0.1) is 55.1 Å². The standard InChI is InChI=1S/2C27H30N3O2S.C25H31NO5S2.CH4.HI/c2*1-33(31,32)30-16-12-21(13-17-30)27-25-10-3-2-7-23(25)19-22(24-9-4-5-11-26(24)27)8-6-15-29-18-14-28-20-29;1-32(27,28)26-15-13-19(14-16-26)25-23-11-4-3-8-21(23)18-20(9-7-17-31-33(2,29)30)22-10-5-6-12-24(22)25;;/h2*2-5,7,9-11,14,18-21H,6,8,12-13,15-17H2,1H3;3-6,8,10-12,18-19,25H,7,9,13-17H2,1-2H3;1H4;1H/q-1;+1;;;. The van der Waals surface area contributed by atoms with Gasteiger partial charge < -0.3 is 9.13 Å². The summed E-state index contributed by atoms with van der Waals surface area (Å²) in [6, 6.07) is 45.4. The summed E-state index contributed by atoms with van der Waals surface area (Å²) in [5.41, 5.74) is 16.7. The van der Waals surface area contributed by atoms with Crippen LogP contribution in [0.25, 0.3) is 44.3 Å². The Hall–Kier alpha value is -6.93. The highest BCUT2D eigenvalue weighted by atomic mass is 127. The van der Waals surface area contributed by atoms with Gasteiger partial charge in [-0.25, -0.2) is 48.1 Å². The average Bonchev–Trinajstić information content (AvgIpc) is 1.73. The van der Waals surface area contributed by atoms with Gasteiger partial charge in [0.2, 0.25) is 30.1 Å². The summed E-state index contributed by atoms with van der Waals surface area (Å²) in [4.78, 5) is 8.31. The largest absolute Gasteiger partial charge is 0.337 e. The first-order valence-corrected chi connectivity index (χ1v) is 42.0. The van der Waals surface area contributed by atoms with Crippen LogP contribution in [0.2, 0.25) is 0 Å². The molecule has 6 aliphatic rings. The predicted molar refractivity (Wildman–Crippen MR) is 422 cm³/mol. The number of allylic oxidation sites excluding steroid dienone is 9. The molecule has 0 radical (unpaired) electrons. The van der Waals surface area contributed by atoms with Crippen LogP contribution in [0.5, 0.6) is 0 Å². The van der Waals surface area contributed by atoms with E-state index in [-0.39, 0.29) is 43.9 Å². The highest BCUT2D eigenvalue weighted by molar-refractivity contribution is 14.0. The number of hydrogen-bond donors (Lipinski definition) is 0. The number of hydrogen-bond acceptors (Lipinski definition) is 11. The van der Waals surface area contributed by atoms with Crippen LogP contribution in [-0.2, 0) is 63.9 Å². The van der Waals surface area contributed by atoms with Gasteiger partial charge in [-0.3, -0.25) is 4.18 Å². The Balaban J connectivity index is 0.000000162. The normalized spacial score (nSPS) is 18.0. The van der Waals surface area contributed by atoms with Crippen LogP contribution in [0.15, 0.2) is 200 Å². The fourth-order valence-electron chi connectivity index (χ4n) is 15.7. The van der Waals surface area contributed by atoms with Crippen molar-refractivity contribution in [2.24, 2.45) is 11.8 Å². The maximum Gasteiger partial charge on any atom is 0.264 e. The molecule has 1 unspecified atom stereocenters. The lowest BCUT2D eigenvalue weighted by Gasteiger charge is -2.36. The summed E-state index contributed by atoms with van der Waals surface area (Å²) in [6.07, 6.45) is 40.1. The van der Waals surface area contributed by atoms with Crippen LogP contribution < -0.4 is 0 Å². The minimum Gasteiger partial charge on any atom is -0.337 e. The molecule has 3 aliphatic carbocycles. The quantitative estimate of drug-likeness (QED) is 0.0324. The number of benzene rings is 5. The molecule has 6 aromatic carbocycles. The molecule has 0 amide bonds. The van der Waals surface area contributed by atoms with Crippen molar-refractivity contribution >= 4 is 109 Å². The molecule has 2 aromatic heterocycles. The summed E-state index contributed by atoms with van der Waals surface area (Å²) in [5.74, 6) is 1.19. The van der Waals surface area contributed by atoms with Crippen molar-refractivity contribution in [1.82, 2.24) is 32.0 Å². The van der Waals surface area contributed by atoms with Gasteiger partial charge in [0.25, 0.3) is 10.1 Å². The van der Waals surface area contributed by atoms with E-state index < -0.39 is 40.2 Å². The smallest absolute Gasteiger partial charge is 0.264 e. The molecular weight excluding hydrogens is 1460 g/mol. The molecule has 536 valence electrons. The molecule has 1 atom stereocenters. The average molecular weight is 1550 g/mol. The minimum absolute atomic E-state index is 0. The van der Waals surface area contributed by atoms with E-state index in [1.807, 2.05) is 49.6 Å². The number of rotatable bonds is 19. The zero-order valence-electron chi connectivity index (χ0n) is 57.6. The highest BCUT2D eigenvalue weighted by Gasteiger charge is 2.36. The summed E-state index contributed by atoms with van der Waals surface area (Å²) in [6.45, 7) is 5.49. The Morgan fingerprint density at radius 2 is 1.08 bits per heavy atom. The number of piperidine rings is 3. The van der Waals surface area contributed by atoms with E-state index in [4.69, 9.17) is 4.18 Å². The number of nitrogens with zero attached hydrogens (tertiary/aromatic N) is 7. The van der Waals surface area contributed by atoms with Crippen molar-refractivity contribution < 1.29 is 37.9 Å². The van der Waals surface area contributed by atoms with Gasteiger partial charge in [0.15, 0.2) is 0 Å². The van der Waals surface area contributed by atoms with E-state index in [0.29, 0.717) is 69.9 Å². The molecule has 3 fully saturated rings. The van der Waals surface area contributed by atoms with Crippen molar-refractivity contribution in [2.45, 2.75) is 109 Å². The third kappa shape index (κ3) is 19.1. The second-order valence-electron chi connectivity index (χ2n) is 27.1.